The number of nitrogens with zero attached hydrogens (tertiary/aromatic N) is 3. The van der Waals surface area contributed by atoms with Gasteiger partial charge in [0.2, 0.25) is 0 Å². The van der Waals surface area contributed by atoms with E-state index in [4.69, 9.17) is 23.2 Å². The Morgan fingerprint density at radius 1 is 0.968 bits per heavy atom. The molecule has 0 aliphatic heterocycles. The van der Waals surface area contributed by atoms with Crippen LogP contribution in [-0.2, 0) is 12.8 Å². The van der Waals surface area contributed by atoms with Crippen molar-refractivity contribution in [1.29, 1.82) is 0 Å². The predicted molar refractivity (Wildman–Crippen MR) is 127 cm³/mol. The molecule has 0 fully saturated rings. The summed E-state index contributed by atoms with van der Waals surface area (Å²) in [5.41, 5.74) is 3.18. The molecule has 0 atom stereocenters. The van der Waals surface area contributed by atoms with Gasteiger partial charge in [-0.2, -0.15) is 0 Å². The number of hydrogen-bond acceptors (Lipinski definition) is 4. The molecule has 0 saturated heterocycles. The molecular formula is C23H18Cl2N4OS. The van der Waals surface area contributed by atoms with E-state index in [9.17, 15) is 4.79 Å². The van der Waals surface area contributed by atoms with E-state index in [1.54, 1.807) is 36.0 Å². The number of aromatic nitrogens is 3. The Balaban J connectivity index is 1.44. The summed E-state index contributed by atoms with van der Waals surface area (Å²) < 4.78 is 1.96. The summed E-state index contributed by atoms with van der Waals surface area (Å²) in [6.45, 7) is 0. The first-order valence-corrected chi connectivity index (χ1v) is 11.2. The van der Waals surface area contributed by atoms with Gasteiger partial charge in [0.1, 0.15) is 0 Å². The molecule has 3 aromatic carbocycles. The molecule has 0 aliphatic rings. The summed E-state index contributed by atoms with van der Waals surface area (Å²) in [6.07, 6.45) is 0. The van der Waals surface area contributed by atoms with Crippen LogP contribution < -0.4 is 5.32 Å². The lowest BCUT2D eigenvalue weighted by Crippen LogP contribution is -2.12. The highest BCUT2D eigenvalue weighted by molar-refractivity contribution is 7.98. The molecule has 8 heteroatoms. The molecule has 0 radical (unpaired) electrons. The zero-order valence-corrected chi connectivity index (χ0v) is 18.9. The van der Waals surface area contributed by atoms with Crippen molar-refractivity contribution < 1.29 is 4.79 Å². The van der Waals surface area contributed by atoms with Gasteiger partial charge in [0, 0.05) is 29.1 Å². The average Bonchev–Trinajstić information content (AvgIpc) is 3.14. The van der Waals surface area contributed by atoms with Crippen LogP contribution in [0.2, 0.25) is 10.0 Å². The van der Waals surface area contributed by atoms with Crippen molar-refractivity contribution in [2.24, 2.45) is 7.05 Å². The topological polar surface area (TPSA) is 59.8 Å². The summed E-state index contributed by atoms with van der Waals surface area (Å²) in [4.78, 5) is 12.4. The molecule has 4 rings (SSSR count). The molecule has 0 bridgehead atoms. The molecule has 0 spiro atoms. The number of anilines is 1. The standard InChI is InChI=1S/C23H18Cl2N4OS/c1-29-21(27-28-23(29)31-14-15-6-10-17(24)11-7-15)16-8-12-18(13-9-16)26-22(30)19-4-2-3-5-20(19)25/h2-13H,14H2,1H3,(H,26,30). The largest absolute Gasteiger partial charge is 0.322 e. The van der Waals surface area contributed by atoms with E-state index in [1.807, 2.05) is 60.1 Å². The van der Waals surface area contributed by atoms with Gasteiger partial charge in [-0.15, -0.1) is 10.2 Å². The van der Waals surface area contributed by atoms with Crippen LogP contribution in [-0.4, -0.2) is 20.7 Å². The second-order valence-corrected chi connectivity index (χ2v) is 8.58. The molecule has 0 unspecified atom stereocenters. The highest BCUT2D eigenvalue weighted by Crippen LogP contribution is 2.27. The first-order valence-electron chi connectivity index (χ1n) is 9.44. The zero-order chi connectivity index (χ0) is 21.8. The van der Waals surface area contributed by atoms with E-state index < -0.39 is 0 Å². The van der Waals surface area contributed by atoms with Crippen LogP contribution in [0.5, 0.6) is 0 Å². The highest BCUT2D eigenvalue weighted by Gasteiger charge is 2.13. The van der Waals surface area contributed by atoms with Crippen molar-refractivity contribution >= 4 is 46.6 Å². The minimum atomic E-state index is -0.252. The maximum absolute atomic E-state index is 12.4. The lowest BCUT2D eigenvalue weighted by atomic mass is 10.1. The normalized spacial score (nSPS) is 10.8. The Kier molecular flexibility index (Phi) is 6.61. The van der Waals surface area contributed by atoms with Gasteiger partial charge in [0.25, 0.3) is 5.91 Å². The molecular weight excluding hydrogens is 451 g/mol. The fourth-order valence-corrected chi connectivity index (χ4v) is 4.18. The molecule has 5 nitrogen and oxygen atoms in total. The lowest BCUT2D eigenvalue weighted by molar-refractivity contribution is 0.102. The highest BCUT2D eigenvalue weighted by atomic mass is 35.5. The number of amides is 1. The molecule has 0 saturated carbocycles. The third-order valence-corrected chi connectivity index (χ3v) is 6.31. The van der Waals surface area contributed by atoms with Gasteiger partial charge in [-0.25, -0.2) is 0 Å². The number of carbonyl (C=O) groups is 1. The summed E-state index contributed by atoms with van der Waals surface area (Å²) in [5, 5.41) is 13.5. The number of thioether (sulfide) groups is 1. The zero-order valence-electron chi connectivity index (χ0n) is 16.5. The number of benzene rings is 3. The fourth-order valence-electron chi connectivity index (χ4n) is 2.97. The first kappa shape index (κ1) is 21.4. The Labute approximate surface area is 194 Å². The number of halogens is 2. The second-order valence-electron chi connectivity index (χ2n) is 6.79. The van der Waals surface area contributed by atoms with Crippen LogP contribution in [0.15, 0.2) is 78.0 Å². The van der Waals surface area contributed by atoms with E-state index in [0.29, 0.717) is 16.3 Å². The van der Waals surface area contributed by atoms with E-state index in [0.717, 1.165) is 32.9 Å². The Morgan fingerprint density at radius 2 is 1.68 bits per heavy atom. The molecule has 0 aliphatic carbocycles. The van der Waals surface area contributed by atoms with E-state index in [1.165, 1.54) is 0 Å². The minimum Gasteiger partial charge on any atom is -0.322 e. The van der Waals surface area contributed by atoms with Gasteiger partial charge in [0.15, 0.2) is 11.0 Å². The maximum Gasteiger partial charge on any atom is 0.257 e. The number of nitrogens with one attached hydrogen (secondary N) is 1. The number of carbonyl (C=O) groups excluding carboxylic acids is 1. The monoisotopic (exact) mass is 468 g/mol. The quantitative estimate of drug-likeness (QED) is 0.335. The van der Waals surface area contributed by atoms with Crippen molar-refractivity contribution in [3.8, 4) is 11.4 Å². The fraction of sp³-hybridized carbons (Fsp3) is 0.0870. The minimum absolute atomic E-state index is 0.252. The van der Waals surface area contributed by atoms with Crippen molar-refractivity contribution in [3.63, 3.8) is 0 Å². The van der Waals surface area contributed by atoms with Crippen LogP contribution >= 0.6 is 35.0 Å². The smallest absolute Gasteiger partial charge is 0.257 e. The molecule has 31 heavy (non-hydrogen) atoms. The molecule has 4 aromatic rings. The molecule has 1 amide bonds. The van der Waals surface area contributed by atoms with Crippen molar-refractivity contribution in [1.82, 2.24) is 14.8 Å². The molecule has 1 heterocycles. The maximum atomic E-state index is 12.4. The van der Waals surface area contributed by atoms with Gasteiger partial charge >= 0.3 is 0 Å². The third-order valence-electron chi connectivity index (χ3n) is 4.64. The first-order chi connectivity index (χ1) is 15.0. The number of rotatable bonds is 6. The van der Waals surface area contributed by atoms with Crippen LogP contribution in [0.1, 0.15) is 15.9 Å². The Morgan fingerprint density at radius 3 is 2.39 bits per heavy atom. The van der Waals surface area contributed by atoms with Gasteiger partial charge in [-0.05, 0) is 54.1 Å². The number of hydrogen-bond donors (Lipinski definition) is 1. The second kappa shape index (κ2) is 9.56. The summed E-state index contributed by atoms with van der Waals surface area (Å²) in [7, 11) is 1.94. The summed E-state index contributed by atoms with van der Waals surface area (Å²) in [5.74, 6) is 1.27. The van der Waals surface area contributed by atoms with Gasteiger partial charge in [-0.1, -0.05) is 59.2 Å². The molecule has 1 N–H and O–H groups in total. The van der Waals surface area contributed by atoms with Crippen LogP contribution in [0, 0.1) is 0 Å². The summed E-state index contributed by atoms with van der Waals surface area (Å²) >= 11 is 13.6. The molecule has 156 valence electrons. The van der Waals surface area contributed by atoms with Crippen LogP contribution in [0.3, 0.4) is 0 Å². The lowest BCUT2D eigenvalue weighted by Gasteiger charge is -2.08. The van der Waals surface area contributed by atoms with E-state index >= 15 is 0 Å². The van der Waals surface area contributed by atoms with E-state index in [2.05, 4.69) is 15.5 Å². The van der Waals surface area contributed by atoms with Crippen molar-refractivity contribution in [2.75, 3.05) is 5.32 Å². The van der Waals surface area contributed by atoms with Gasteiger partial charge in [-0.3, -0.25) is 4.79 Å². The molecule has 1 aromatic heterocycles. The van der Waals surface area contributed by atoms with Crippen molar-refractivity contribution in [3.05, 3.63) is 94.0 Å². The van der Waals surface area contributed by atoms with Crippen molar-refractivity contribution in [2.45, 2.75) is 10.9 Å². The van der Waals surface area contributed by atoms with Crippen LogP contribution in [0.4, 0.5) is 5.69 Å². The average molecular weight is 469 g/mol. The SMILES string of the molecule is Cn1c(SCc2ccc(Cl)cc2)nnc1-c1ccc(NC(=O)c2ccccc2Cl)cc1. The van der Waals surface area contributed by atoms with Crippen LogP contribution in [0.25, 0.3) is 11.4 Å². The Bertz CT molecular complexity index is 1210. The summed E-state index contributed by atoms with van der Waals surface area (Å²) in [6, 6.07) is 22.2. The predicted octanol–water partition coefficient (Wildman–Crippen LogP) is 6.33. The van der Waals surface area contributed by atoms with Gasteiger partial charge < -0.3 is 9.88 Å². The van der Waals surface area contributed by atoms with E-state index in [-0.39, 0.29) is 5.91 Å². The van der Waals surface area contributed by atoms with Gasteiger partial charge in [0.05, 0.1) is 10.6 Å². The third kappa shape index (κ3) is 5.10. The Hall–Kier alpha value is -2.80.